The Bertz CT molecular complexity index is 6830. The Kier molecular flexibility index (Phi) is 20.6. The lowest BCUT2D eigenvalue weighted by atomic mass is 10.1. The summed E-state index contributed by atoms with van der Waals surface area (Å²) in [5.74, 6) is 0. The third-order valence-electron chi connectivity index (χ3n) is 20.6. The zero-order valence-corrected chi connectivity index (χ0v) is 66.9. The minimum Gasteiger partial charge on any atom is -0.456 e. The van der Waals surface area contributed by atoms with Gasteiger partial charge in [0.25, 0.3) is 0 Å². The van der Waals surface area contributed by atoms with Gasteiger partial charge in [-0.2, -0.15) is 0 Å². The van der Waals surface area contributed by atoms with Crippen molar-refractivity contribution in [1.82, 2.24) is 0 Å². The number of hydrogen-bond donors (Lipinski definition) is 0. The molecule has 0 saturated carbocycles. The van der Waals surface area contributed by atoms with Crippen molar-refractivity contribution in [2.45, 2.75) is 55.4 Å². The van der Waals surface area contributed by atoms with E-state index >= 15 is 0 Å². The first-order valence-electron chi connectivity index (χ1n) is 37.8. The van der Waals surface area contributed by atoms with Gasteiger partial charge < -0.3 is 17.7 Å². The molecular weight excluding hydrogens is 1440 g/mol. The molecule has 0 aliphatic carbocycles. The van der Waals surface area contributed by atoms with E-state index in [9.17, 15) is 0 Å². The van der Waals surface area contributed by atoms with Gasteiger partial charge in [0.05, 0.1) is 0 Å². The number of rotatable bonds is 0. The average Bonchev–Trinajstić information content (AvgIpc) is 1.64. The van der Waals surface area contributed by atoms with Crippen LogP contribution in [0.1, 0.15) is 44.5 Å². The Labute approximate surface area is 665 Å². The van der Waals surface area contributed by atoms with Crippen LogP contribution in [-0.2, 0) is 0 Å². The van der Waals surface area contributed by atoms with Crippen LogP contribution in [0.15, 0.2) is 357 Å². The molecule has 544 valence electrons. The number of furan rings is 4. The maximum Gasteiger partial charge on any atom is 0.138 e. The van der Waals surface area contributed by atoms with Crippen molar-refractivity contribution in [3.8, 4) is 0 Å². The maximum atomic E-state index is 5.78. The molecule has 0 saturated heterocycles. The van der Waals surface area contributed by atoms with Crippen molar-refractivity contribution in [1.29, 1.82) is 0 Å². The van der Waals surface area contributed by atoms with E-state index in [1.54, 1.807) is 0 Å². The number of fused-ring (bicyclic) bond motifs is 24. The van der Waals surface area contributed by atoms with Crippen molar-refractivity contribution < 1.29 is 17.7 Å². The van der Waals surface area contributed by atoms with E-state index in [4.69, 9.17) is 17.7 Å². The Morgan fingerprint density at radius 1 is 0.170 bits per heavy atom. The zero-order valence-electron chi connectivity index (χ0n) is 63.6. The van der Waals surface area contributed by atoms with E-state index in [2.05, 4.69) is 304 Å². The van der Waals surface area contributed by atoms with Crippen LogP contribution in [0.4, 0.5) is 0 Å². The summed E-state index contributed by atoms with van der Waals surface area (Å²) in [6, 6.07) is 118. The molecule has 4 nitrogen and oxygen atoms in total. The molecule has 112 heavy (non-hydrogen) atoms. The molecule has 24 aromatic rings. The fourth-order valence-corrected chi connectivity index (χ4v) is 19.6. The van der Waals surface area contributed by atoms with E-state index in [1.807, 2.05) is 136 Å². The molecule has 0 aliphatic heterocycles. The predicted molar refractivity (Wildman–Crippen MR) is 490 cm³/mol. The van der Waals surface area contributed by atoms with Gasteiger partial charge in [0.15, 0.2) is 0 Å². The first-order valence-corrected chi connectivity index (χ1v) is 41.1. The number of hydrogen-bond acceptors (Lipinski definition) is 8. The average molecular weight is 1520 g/mol. The second kappa shape index (κ2) is 31.9. The quantitative estimate of drug-likeness (QED) is 0.152. The van der Waals surface area contributed by atoms with E-state index in [-0.39, 0.29) is 0 Å². The fourth-order valence-electron chi connectivity index (χ4n) is 15.1. The summed E-state index contributed by atoms with van der Waals surface area (Å²) in [7, 11) is 0. The van der Waals surface area contributed by atoms with Crippen molar-refractivity contribution in [2.75, 3.05) is 0 Å². The molecule has 16 aromatic carbocycles. The van der Waals surface area contributed by atoms with Gasteiger partial charge in [-0.1, -0.05) is 259 Å². The summed E-state index contributed by atoms with van der Waals surface area (Å²) in [5.41, 5.74) is 18.2. The van der Waals surface area contributed by atoms with Crippen LogP contribution < -0.4 is 0 Å². The number of benzene rings is 16. The van der Waals surface area contributed by atoms with E-state index < -0.39 is 0 Å². The van der Waals surface area contributed by atoms with Crippen LogP contribution in [0.2, 0.25) is 0 Å². The van der Waals surface area contributed by atoms with Crippen LogP contribution in [0.5, 0.6) is 0 Å². The smallest absolute Gasteiger partial charge is 0.138 e. The van der Waals surface area contributed by atoms with Crippen LogP contribution in [0.25, 0.3) is 168 Å². The van der Waals surface area contributed by atoms with Crippen LogP contribution in [0, 0.1) is 55.4 Å². The van der Waals surface area contributed by atoms with Crippen molar-refractivity contribution in [2.24, 2.45) is 0 Å². The zero-order chi connectivity index (χ0) is 76.3. The van der Waals surface area contributed by atoms with E-state index in [1.165, 1.54) is 168 Å². The standard InChI is InChI=1S/4C13H10O.4C13H10S/c2*1-9-5-4-7-11-10-6-2-3-8-12(10)14-13(9)11;1-9-5-4-8-12-13(9)10-6-2-3-7-11(10)14-12;1-9-6-7-13-11(8-9)10-4-2-3-5-12(10)14-13;1-9-5-4-7-11-10-6-2-3-8-12(10)14-13(9)11;1-9-5-4-8-12-13(9)10-6-2-3-7-11(10)14-12;2*1-9-6-7-13-11(8-9)10-4-2-3-5-12(10)14-13/h8*2-8H,1H3. The van der Waals surface area contributed by atoms with Crippen molar-refractivity contribution >= 4 is 214 Å². The Balaban J connectivity index is 0.0000000929. The van der Waals surface area contributed by atoms with Gasteiger partial charge in [-0.15, -0.1) is 45.3 Å². The number of thiophene rings is 4. The summed E-state index contributed by atoms with van der Waals surface area (Å²) >= 11 is 7.50. The SMILES string of the molecule is Cc1ccc2oc3ccccc3c2c1.Cc1ccc2sc3ccccc3c2c1.Cc1ccc2sc3ccccc3c2c1.Cc1cccc2c1oc1ccccc12.Cc1cccc2c1oc1ccccc12.Cc1cccc2c1sc1ccccc12.Cc1cccc2oc3ccccc3c12.Cc1cccc2sc3ccccc3c12. The molecule has 0 unspecified atom stereocenters. The highest BCUT2D eigenvalue weighted by Crippen LogP contribution is 2.40. The van der Waals surface area contributed by atoms with Gasteiger partial charge in [-0.05, 0) is 180 Å². The first kappa shape index (κ1) is 72.5. The molecule has 0 radical (unpaired) electrons. The highest BCUT2D eigenvalue weighted by Gasteiger charge is 2.13. The second-order valence-electron chi connectivity index (χ2n) is 28.5. The molecule has 0 fully saturated rings. The Morgan fingerprint density at radius 3 is 1.01 bits per heavy atom. The summed E-state index contributed by atoms with van der Waals surface area (Å²) < 4.78 is 34.1. The van der Waals surface area contributed by atoms with Gasteiger partial charge in [-0.3, -0.25) is 0 Å². The molecule has 8 heterocycles. The monoisotopic (exact) mass is 1520 g/mol. The van der Waals surface area contributed by atoms with Crippen molar-refractivity contribution in [3.05, 3.63) is 384 Å². The molecule has 0 bridgehead atoms. The van der Waals surface area contributed by atoms with Crippen molar-refractivity contribution in [3.63, 3.8) is 0 Å². The molecule has 8 heteroatoms. The number of para-hydroxylation sites is 6. The first-order chi connectivity index (χ1) is 54.8. The largest absolute Gasteiger partial charge is 0.456 e. The second-order valence-corrected chi connectivity index (χ2v) is 32.8. The van der Waals surface area contributed by atoms with Gasteiger partial charge in [-0.25, -0.2) is 0 Å². The normalized spacial score (nSPS) is 11.2. The highest BCUT2D eigenvalue weighted by molar-refractivity contribution is 7.27. The molecule has 24 rings (SSSR count). The molecule has 0 atom stereocenters. The summed E-state index contributed by atoms with van der Waals surface area (Å²) in [6.07, 6.45) is 0. The van der Waals surface area contributed by atoms with Gasteiger partial charge in [0.1, 0.15) is 44.7 Å². The summed E-state index contributed by atoms with van der Waals surface area (Å²) in [6.45, 7) is 17.0. The van der Waals surface area contributed by atoms with Crippen LogP contribution in [0.3, 0.4) is 0 Å². The molecule has 0 spiro atoms. The predicted octanol–water partition coefficient (Wildman–Crippen LogP) is 33.0. The molecular formula is C104H80O4S4. The summed E-state index contributed by atoms with van der Waals surface area (Å²) in [5, 5.41) is 20.8. The topological polar surface area (TPSA) is 52.6 Å². The van der Waals surface area contributed by atoms with Crippen LogP contribution in [-0.4, -0.2) is 0 Å². The van der Waals surface area contributed by atoms with Gasteiger partial charge in [0, 0.05) is 124 Å². The minimum atomic E-state index is 0.966. The number of aryl methyl sites for hydroxylation is 8. The highest BCUT2D eigenvalue weighted by atomic mass is 32.1. The lowest BCUT2D eigenvalue weighted by Gasteiger charge is -1.95. The molecule has 0 amide bonds. The molecule has 0 aliphatic rings. The van der Waals surface area contributed by atoms with Gasteiger partial charge in [0.2, 0.25) is 0 Å². The maximum absolute atomic E-state index is 5.78. The molecule has 0 N–H and O–H groups in total. The third-order valence-corrected chi connectivity index (χ3v) is 25.4. The van der Waals surface area contributed by atoms with Crippen LogP contribution >= 0.6 is 45.3 Å². The lowest BCUT2D eigenvalue weighted by Crippen LogP contribution is -1.72. The lowest BCUT2D eigenvalue weighted by molar-refractivity contribution is 0.665. The Morgan fingerprint density at radius 2 is 0.473 bits per heavy atom. The summed E-state index contributed by atoms with van der Waals surface area (Å²) in [4.78, 5) is 0. The van der Waals surface area contributed by atoms with Gasteiger partial charge >= 0.3 is 0 Å². The minimum absolute atomic E-state index is 0.966. The Hall–Kier alpha value is -12.4. The van der Waals surface area contributed by atoms with E-state index in [0.717, 1.165) is 44.7 Å². The van der Waals surface area contributed by atoms with E-state index in [0.29, 0.717) is 0 Å². The third kappa shape index (κ3) is 14.7. The molecule has 8 aromatic heterocycles. The fraction of sp³-hybridized carbons (Fsp3) is 0.0769.